The monoisotopic (exact) mass is 1160 g/mol. The molecule has 6 nitrogen and oxygen atoms in total. The van der Waals surface area contributed by atoms with Crippen LogP contribution in [0, 0.1) is 0 Å². The predicted molar refractivity (Wildman–Crippen MR) is 362 cm³/mol. The highest BCUT2D eigenvalue weighted by Gasteiger charge is 2.19. The fourth-order valence-electron chi connectivity index (χ4n) is 10.8. The van der Waals surface area contributed by atoms with E-state index in [1.54, 1.807) is 0 Å². The SMILES string of the molecule is CC/C=C\C/C=C\C/C=C\C/C=C\C/C=C\CCCCCCCCCC(=O)OC(COC(=O)CCCCCCC/C=C\CCCCCCCCC)COC(=O)CCCCCCCCCCCCCCCCCCCCCCCCCCCC. The molecule has 0 aliphatic rings. The van der Waals surface area contributed by atoms with Crippen LogP contribution >= 0.6 is 0 Å². The van der Waals surface area contributed by atoms with Crippen LogP contribution in [0.1, 0.15) is 380 Å². The minimum atomic E-state index is -0.786. The summed E-state index contributed by atoms with van der Waals surface area (Å²) < 4.78 is 17.0. The molecule has 0 aromatic rings. The molecule has 0 aromatic carbocycles. The van der Waals surface area contributed by atoms with Gasteiger partial charge in [-0.2, -0.15) is 0 Å². The van der Waals surface area contributed by atoms with E-state index in [-0.39, 0.29) is 31.1 Å². The number of hydrogen-bond acceptors (Lipinski definition) is 6. The quantitative estimate of drug-likeness (QED) is 0.0261. The lowest BCUT2D eigenvalue weighted by Crippen LogP contribution is -2.30. The van der Waals surface area contributed by atoms with Gasteiger partial charge < -0.3 is 14.2 Å². The van der Waals surface area contributed by atoms with Crippen molar-refractivity contribution >= 4 is 17.9 Å². The molecule has 0 amide bonds. The van der Waals surface area contributed by atoms with Crippen LogP contribution in [-0.2, 0) is 28.6 Å². The average Bonchev–Trinajstić information content (AvgIpc) is 3.50. The number of carbonyl (C=O) groups excluding carboxylic acids is 3. The Morgan fingerprint density at radius 1 is 0.253 bits per heavy atom. The number of esters is 3. The van der Waals surface area contributed by atoms with E-state index < -0.39 is 6.10 Å². The molecule has 6 heteroatoms. The molecule has 0 rings (SSSR count). The summed E-state index contributed by atoms with van der Waals surface area (Å²) in [6.07, 6.45) is 93.6. The number of hydrogen-bond donors (Lipinski definition) is 0. The molecule has 1 unspecified atom stereocenters. The van der Waals surface area contributed by atoms with Crippen molar-refractivity contribution in [3.63, 3.8) is 0 Å². The Labute approximate surface area is 516 Å². The van der Waals surface area contributed by atoms with Gasteiger partial charge in [-0.3, -0.25) is 14.4 Å². The summed E-state index contributed by atoms with van der Waals surface area (Å²) in [7, 11) is 0. The third-order valence-electron chi connectivity index (χ3n) is 16.2. The van der Waals surface area contributed by atoms with Crippen LogP contribution in [0.2, 0.25) is 0 Å². The Balaban J connectivity index is 4.32. The van der Waals surface area contributed by atoms with Crippen LogP contribution in [0.15, 0.2) is 72.9 Å². The number of allylic oxidation sites excluding steroid dienone is 12. The minimum Gasteiger partial charge on any atom is -0.462 e. The van der Waals surface area contributed by atoms with Crippen molar-refractivity contribution in [2.75, 3.05) is 13.2 Å². The third kappa shape index (κ3) is 69.5. The second-order valence-electron chi connectivity index (χ2n) is 24.5. The zero-order valence-electron chi connectivity index (χ0n) is 55.5. The smallest absolute Gasteiger partial charge is 0.306 e. The van der Waals surface area contributed by atoms with Gasteiger partial charge >= 0.3 is 17.9 Å². The highest BCUT2D eigenvalue weighted by atomic mass is 16.6. The number of unbranched alkanes of at least 4 members (excludes halogenated alkanes) is 44. The van der Waals surface area contributed by atoms with E-state index >= 15 is 0 Å². The van der Waals surface area contributed by atoms with Gasteiger partial charge in [0, 0.05) is 19.3 Å². The molecule has 0 aliphatic carbocycles. The molecule has 1 atom stereocenters. The fourth-order valence-corrected chi connectivity index (χ4v) is 10.8. The van der Waals surface area contributed by atoms with E-state index in [1.165, 1.54) is 238 Å². The van der Waals surface area contributed by atoms with Crippen LogP contribution in [0.4, 0.5) is 0 Å². The second-order valence-corrected chi connectivity index (χ2v) is 24.5. The molecule has 0 aliphatic heterocycles. The van der Waals surface area contributed by atoms with Gasteiger partial charge in [0.05, 0.1) is 0 Å². The van der Waals surface area contributed by atoms with Gasteiger partial charge in [0.25, 0.3) is 0 Å². The summed E-state index contributed by atoms with van der Waals surface area (Å²) in [4.78, 5) is 38.5. The Morgan fingerprint density at radius 3 is 0.747 bits per heavy atom. The first-order valence-electron chi connectivity index (χ1n) is 36.4. The molecular formula is C77H138O6. The summed E-state index contributed by atoms with van der Waals surface area (Å²) >= 11 is 0. The molecule has 0 aromatic heterocycles. The highest BCUT2D eigenvalue weighted by molar-refractivity contribution is 5.71. The van der Waals surface area contributed by atoms with Crippen LogP contribution < -0.4 is 0 Å². The van der Waals surface area contributed by atoms with Crippen molar-refractivity contribution in [1.29, 1.82) is 0 Å². The van der Waals surface area contributed by atoms with Gasteiger partial charge in [-0.1, -0.05) is 344 Å². The zero-order chi connectivity index (χ0) is 59.9. The molecule has 0 saturated heterocycles. The van der Waals surface area contributed by atoms with Crippen LogP contribution in [0.5, 0.6) is 0 Å². The first kappa shape index (κ1) is 79.8. The summed E-state index contributed by atoms with van der Waals surface area (Å²) in [6.45, 7) is 6.57. The van der Waals surface area contributed by atoms with Crippen molar-refractivity contribution in [3.8, 4) is 0 Å². The summed E-state index contributed by atoms with van der Waals surface area (Å²) in [5, 5.41) is 0. The first-order chi connectivity index (χ1) is 41.0. The van der Waals surface area contributed by atoms with Crippen molar-refractivity contribution in [2.45, 2.75) is 386 Å². The first-order valence-corrected chi connectivity index (χ1v) is 36.4. The molecule has 0 bridgehead atoms. The topological polar surface area (TPSA) is 78.9 Å². The van der Waals surface area contributed by atoms with E-state index in [0.29, 0.717) is 19.3 Å². The predicted octanol–water partition coefficient (Wildman–Crippen LogP) is 25.2. The maximum atomic E-state index is 13.0. The Hall–Kier alpha value is -3.15. The Morgan fingerprint density at radius 2 is 0.470 bits per heavy atom. The summed E-state index contributed by atoms with van der Waals surface area (Å²) in [6, 6.07) is 0. The van der Waals surface area contributed by atoms with E-state index in [1.807, 2.05) is 0 Å². The van der Waals surface area contributed by atoms with Crippen LogP contribution in [0.3, 0.4) is 0 Å². The average molecular weight is 1160 g/mol. The lowest BCUT2D eigenvalue weighted by molar-refractivity contribution is -0.167. The van der Waals surface area contributed by atoms with Gasteiger partial charge in [-0.05, 0) is 89.9 Å². The summed E-state index contributed by atoms with van der Waals surface area (Å²) in [5.74, 6) is -0.875. The van der Waals surface area contributed by atoms with Crippen LogP contribution in [0.25, 0.3) is 0 Å². The zero-order valence-corrected chi connectivity index (χ0v) is 55.5. The molecule has 0 heterocycles. The maximum absolute atomic E-state index is 13.0. The largest absolute Gasteiger partial charge is 0.462 e. The van der Waals surface area contributed by atoms with E-state index in [0.717, 1.165) is 103 Å². The van der Waals surface area contributed by atoms with Gasteiger partial charge in [0.15, 0.2) is 6.10 Å². The van der Waals surface area contributed by atoms with Crippen molar-refractivity contribution in [1.82, 2.24) is 0 Å². The molecule has 83 heavy (non-hydrogen) atoms. The number of carbonyl (C=O) groups is 3. The normalized spacial score (nSPS) is 12.5. The van der Waals surface area contributed by atoms with E-state index in [9.17, 15) is 14.4 Å². The van der Waals surface area contributed by atoms with Crippen molar-refractivity contribution in [2.24, 2.45) is 0 Å². The standard InChI is InChI=1S/C77H138O6/c1-4-7-10-13-16-19-22-25-28-31-33-35-37-38-39-41-42-44-46-49-52-55-58-61-64-67-70-76(79)82-73-74(72-81-75(78)69-66-63-60-57-54-51-48-30-27-24-21-18-15-12-9-6-3)83-77(80)71-68-65-62-59-56-53-50-47-45-43-40-36-34-32-29-26-23-20-17-14-11-8-5-2/h8,11,17,20,26,29-30,34,36,43,45,48,74H,4-7,9-10,12-16,18-19,21-25,27-28,31-33,35,37-42,44,46-47,49-73H2,1-3H3/b11-8-,20-17-,29-26-,36-34-,45-43-,48-30-. The molecule has 0 saturated carbocycles. The van der Waals surface area contributed by atoms with Crippen molar-refractivity contribution < 1.29 is 28.6 Å². The van der Waals surface area contributed by atoms with E-state index in [4.69, 9.17) is 14.2 Å². The molecule has 0 spiro atoms. The van der Waals surface area contributed by atoms with Gasteiger partial charge in [0.1, 0.15) is 13.2 Å². The highest BCUT2D eigenvalue weighted by Crippen LogP contribution is 2.18. The van der Waals surface area contributed by atoms with Gasteiger partial charge in [-0.25, -0.2) is 0 Å². The molecule has 0 N–H and O–H groups in total. The minimum absolute atomic E-state index is 0.0789. The number of ether oxygens (including phenoxy) is 3. The Kier molecular flexibility index (Phi) is 68.6. The lowest BCUT2D eigenvalue weighted by Gasteiger charge is -2.18. The van der Waals surface area contributed by atoms with Crippen molar-refractivity contribution in [3.05, 3.63) is 72.9 Å². The second kappa shape index (κ2) is 71.3. The van der Waals surface area contributed by atoms with Crippen LogP contribution in [-0.4, -0.2) is 37.2 Å². The molecule has 0 radical (unpaired) electrons. The Bertz CT molecular complexity index is 1520. The van der Waals surface area contributed by atoms with Gasteiger partial charge in [0.2, 0.25) is 0 Å². The van der Waals surface area contributed by atoms with E-state index in [2.05, 4.69) is 93.7 Å². The molecular weight excluding hydrogens is 1020 g/mol. The van der Waals surface area contributed by atoms with Gasteiger partial charge in [-0.15, -0.1) is 0 Å². The third-order valence-corrected chi connectivity index (χ3v) is 16.2. The number of rotatable bonds is 67. The maximum Gasteiger partial charge on any atom is 0.306 e. The fraction of sp³-hybridized carbons (Fsp3) is 0.805. The summed E-state index contributed by atoms with van der Waals surface area (Å²) in [5.41, 5.74) is 0. The lowest BCUT2D eigenvalue weighted by atomic mass is 10.0. The molecule has 482 valence electrons. The molecule has 0 fully saturated rings.